The Morgan fingerprint density at radius 3 is 1.81 bits per heavy atom. The van der Waals surface area contributed by atoms with E-state index in [0.717, 1.165) is 0 Å². The molecule has 0 atom stereocenters. The number of hydrogen-bond acceptors (Lipinski definition) is 5. The van der Waals surface area contributed by atoms with Gasteiger partial charge in [-0.15, -0.1) is 0 Å². The van der Waals surface area contributed by atoms with Crippen LogP contribution in [0.4, 0.5) is 0 Å². The molecule has 0 aliphatic heterocycles. The minimum Gasteiger partial charge on any atom is -0.478 e. The number of carboxylic acids is 2. The molecule has 92 valence electrons. The fourth-order valence-electron chi connectivity index (χ4n) is 1.04. The van der Waals surface area contributed by atoms with Crippen LogP contribution in [0.1, 0.15) is 0 Å². The number of aliphatic carboxylic acids is 2. The van der Waals surface area contributed by atoms with E-state index in [1.807, 2.05) is 0 Å². The van der Waals surface area contributed by atoms with E-state index in [-0.39, 0.29) is 11.6 Å². The Balaban J connectivity index is 5.00. The van der Waals surface area contributed by atoms with Gasteiger partial charge in [-0.1, -0.05) is 0 Å². The molecule has 0 saturated heterocycles. The van der Waals surface area contributed by atoms with Gasteiger partial charge in [0.05, 0.1) is 6.04 Å². The molecule has 0 rings (SSSR count). The lowest BCUT2D eigenvalue weighted by atomic mass is 10.3. The third-order valence-electron chi connectivity index (χ3n) is 1.91. The monoisotopic (exact) mass is 250 g/mol. The first-order chi connectivity index (χ1) is 7.40. The lowest BCUT2D eigenvalue weighted by Crippen LogP contribution is -2.43. The van der Waals surface area contributed by atoms with Gasteiger partial charge in [0.25, 0.3) is 0 Å². The number of rotatable bonds is 7. The molecule has 0 aromatic heterocycles. The number of hydrogen-bond donors (Lipinski definition) is 2. The second kappa shape index (κ2) is 6.38. The molecule has 0 heterocycles. The molecule has 0 aromatic carbocycles. The maximum absolute atomic E-state index is 10.8. The highest BCUT2D eigenvalue weighted by Crippen LogP contribution is 2.19. The first-order valence-electron chi connectivity index (χ1n) is 4.23. The Kier molecular flexibility index (Phi) is 5.89. The third-order valence-corrected chi connectivity index (χ3v) is 4.59. The van der Waals surface area contributed by atoms with E-state index in [1.54, 1.807) is 0 Å². The van der Waals surface area contributed by atoms with Crippen LogP contribution in [0.2, 0.25) is 6.04 Å². The minimum absolute atomic E-state index is 0.210. The van der Waals surface area contributed by atoms with Gasteiger partial charge < -0.3 is 23.5 Å². The van der Waals surface area contributed by atoms with Gasteiger partial charge >= 0.3 is 20.7 Å². The van der Waals surface area contributed by atoms with Crippen molar-refractivity contribution in [2.75, 3.05) is 21.3 Å². The Morgan fingerprint density at radius 2 is 1.56 bits per heavy atom. The van der Waals surface area contributed by atoms with Gasteiger partial charge in [0.2, 0.25) is 0 Å². The molecule has 2 N–H and O–H groups in total. The Bertz CT molecular complexity index is 286. The maximum Gasteiger partial charge on any atom is 0.505 e. The molecule has 8 heteroatoms. The summed E-state index contributed by atoms with van der Waals surface area (Å²) in [7, 11) is 0.834. The zero-order chi connectivity index (χ0) is 12.8. The van der Waals surface area contributed by atoms with Crippen molar-refractivity contribution in [3.63, 3.8) is 0 Å². The van der Waals surface area contributed by atoms with Crippen LogP contribution in [-0.4, -0.2) is 52.3 Å². The molecule has 0 fully saturated rings. The van der Waals surface area contributed by atoms with E-state index in [2.05, 4.69) is 0 Å². The summed E-state index contributed by atoms with van der Waals surface area (Å²) in [5, 5.41) is 17.3. The zero-order valence-corrected chi connectivity index (χ0v) is 10.2. The van der Waals surface area contributed by atoms with Crippen LogP contribution in [0.3, 0.4) is 0 Å². The second-order valence-electron chi connectivity index (χ2n) is 2.79. The molecule has 0 bridgehead atoms. The molecule has 0 spiro atoms. The summed E-state index contributed by atoms with van der Waals surface area (Å²) in [4.78, 5) is 21.2. The van der Waals surface area contributed by atoms with E-state index in [0.29, 0.717) is 6.08 Å². The Morgan fingerprint density at radius 1 is 1.12 bits per heavy atom. The van der Waals surface area contributed by atoms with Crippen molar-refractivity contribution in [1.82, 2.24) is 0 Å². The standard InChI is InChI=1S/C8H14O7Si/c1-13-16(14-2,15-3)5-6(8(11)12)4-7(9)10/h4H,5H2,1-3H3,(H,9,10)(H,11,12)/b6-4+. The normalized spacial score (nSPS) is 12.6. The Labute approximate surface area is 93.6 Å². The lowest BCUT2D eigenvalue weighted by molar-refractivity contribution is -0.135. The van der Waals surface area contributed by atoms with Crippen LogP contribution >= 0.6 is 0 Å². The van der Waals surface area contributed by atoms with Gasteiger partial charge in [-0.3, -0.25) is 0 Å². The van der Waals surface area contributed by atoms with Crippen LogP contribution in [0.25, 0.3) is 0 Å². The smallest absolute Gasteiger partial charge is 0.478 e. The van der Waals surface area contributed by atoms with Crippen LogP contribution < -0.4 is 0 Å². The first-order valence-corrected chi connectivity index (χ1v) is 6.16. The molecule has 16 heavy (non-hydrogen) atoms. The summed E-state index contributed by atoms with van der Waals surface area (Å²) in [6.45, 7) is 0. The van der Waals surface area contributed by atoms with Gasteiger partial charge in [0, 0.05) is 33.0 Å². The summed E-state index contributed by atoms with van der Waals surface area (Å²) >= 11 is 0. The minimum atomic E-state index is -3.12. The van der Waals surface area contributed by atoms with Crippen molar-refractivity contribution >= 4 is 20.7 Å². The number of carboxylic acid groups (broad SMARTS) is 2. The summed E-state index contributed by atoms with van der Waals surface area (Å²) in [6, 6.07) is -0.210. The van der Waals surface area contributed by atoms with E-state index in [9.17, 15) is 9.59 Å². The summed E-state index contributed by atoms with van der Waals surface area (Å²) in [5.74, 6) is -2.69. The van der Waals surface area contributed by atoms with Crippen molar-refractivity contribution in [2.24, 2.45) is 0 Å². The summed E-state index contributed by atoms with van der Waals surface area (Å²) < 4.78 is 15.0. The number of carbonyl (C=O) groups is 2. The maximum atomic E-state index is 10.8. The average molecular weight is 250 g/mol. The highest BCUT2D eigenvalue weighted by Gasteiger charge is 2.40. The van der Waals surface area contributed by atoms with E-state index in [4.69, 9.17) is 23.5 Å². The van der Waals surface area contributed by atoms with Crippen molar-refractivity contribution < 1.29 is 33.1 Å². The third kappa shape index (κ3) is 4.11. The van der Waals surface area contributed by atoms with Crippen molar-refractivity contribution in [3.8, 4) is 0 Å². The molecule has 0 aliphatic rings. The first kappa shape index (κ1) is 14.8. The SMILES string of the molecule is CO[Si](C/C(=C\C(=O)O)C(=O)O)(OC)OC. The van der Waals surface area contributed by atoms with Crippen LogP contribution in [0.15, 0.2) is 11.6 Å². The molecule has 0 unspecified atom stereocenters. The van der Waals surface area contributed by atoms with Gasteiger partial charge in [0.15, 0.2) is 0 Å². The van der Waals surface area contributed by atoms with Crippen LogP contribution in [0, 0.1) is 0 Å². The predicted molar refractivity (Wildman–Crippen MR) is 54.9 cm³/mol. The molecule has 7 nitrogen and oxygen atoms in total. The van der Waals surface area contributed by atoms with E-state index >= 15 is 0 Å². The fourth-order valence-corrected chi connectivity index (χ4v) is 2.69. The average Bonchev–Trinajstić information content (AvgIpc) is 2.24. The molecular weight excluding hydrogens is 236 g/mol. The summed E-state index contributed by atoms with van der Waals surface area (Å²) in [6.07, 6.45) is 0.598. The van der Waals surface area contributed by atoms with E-state index < -0.39 is 20.7 Å². The molecular formula is C8H14O7Si. The Hall–Kier alpha value is -1.22. The lowest BCUT2D eigenvalue weighted by Gasteiger charge is -2.24. The largest absolute Gasteiger partial charge is 0.505 e. The van der Waals surface area contributed by atoms with E-state index in [1.165, 1.54) is 21.3 Å². The molecule has 0 radical (unpaired) electrons. The van der Waals surface area contributed by atoms with Gasteiger partial charge in [-0.2, -0.15) is 0 Å². The quantitative estimate of drug-likeness (QED) is 0.482. The molecule has 0 saturated carbocycles. The fraction of sp³-hybridized carbons (Fsp3) is 0.500. The van der Waals surface area contributed by atoms with Crippen molar-refractivity contribution in [2.45, 2.75) is 6.04 Å². The van der Waals surface area contributed by atoms with Gasteiger partial charge in [-0.25, -0.2) is 9.59 Å². The van der Waals surface area contributed by atoms with Crippen molar-refractivity contribution in [3.05, 3.63) is 11.6 Å². The molecule has 0 amide bonds. The van der Waals surface area contributed by atoms with Crippen molar-refractivity contribution in [1.29, 1.82) is 0 Å². The predicted octanol–water partition coefficient (Wildman–Crippen LogP) is -0.0399. The topological polar surface area (TPSA) is 102 Å². The van der Waals surface area contributed by atoms with Crippen LogP contribution in [-0.2, 0) is 22.9 Å². The second-order valence-corrected chi connectivity index (χ2v) is 5.73. The summed E-state index contributed by atoms with van der Waals surface area (Å²) in [5.41, 5.74) is -0.329. The van der Waals surface area contributed by atoms with Crippen LogP contribution in [0.5, 0.6) is 0 Å². The van der Waals surface area contributed by atoms with Gasteiger partial charge in [-0.05, 0) is 0 Å². The zero-order valence-electron chi connectivity index (χ0n) is 9.22. The highest BCUT2D eigenvalue weighted by atomic mass is 28.4. The van der Waals surface area contributed by atoms with Gasteiger partial charge in [0.1, 0.15) is 0 Å². The molecule has 0 aliphatic carbocycles. The molecule has 0 aromatic rings. The highest BCUT2D eigenvalue weighted by molar-refractivity contribution is 6.61.